The van der Waals surface area contributed by atoms with Gasteiger partial charge >= 0.3 is 11.7 Å². The Morgan fingerprint density at radius 3 is 2.49 bits per heavy atom. The fourth-order valence-electron chi connectivity index (χ4n) is 8.43. The first kappa shape index (κ1) is 28.8. The van der Waals surface area contributed by atoms with Gasteiger partial charge in [-0.3, -0.25) is 35.2 Å². The molecule has 41 heavy (non-hydrogen) atoms. The Labute approximate surface area is 237 Å². The maximum Gasteiger partial charge on any atom is 0.303 e. The molecule has 0 heterocycles. The van der Waals surface area contributed by atoms with Crippen LogP contribution in [0.15, 0.2) is 34.9 Å². The van der Waals surface area contributed by atoms with Crippen molar-refractivity contribution in [1.29, 1.82) is 0 Å². The number of nitro benzene ring substituents is 2. The molecule has 0 unspecified atom stereocenters. The molecule has 1 aromatic rings. The number of benzene rings is 1. The van der Waals surface area contributed by atoms with Crippen LogP contribution in [0.1, 0.15) is 72.1 Å². The Bertz CT molecular complexity index is 1370. The van der Waals surface area contributed by atoms with Gasteiger partial charge in [-0.05, 0) is 86.7 Å². The molecule has 4 aliphatic rings. The SMILES string of the molecule is CC(=O)OCC(=O)[C@@]1(O)CC[C@H]2[C@@H]3CCC4=C/C(=N/Nc5ccc([N+](=O)[O-])cc5[N+](=O)[O-])CC[C@]4(C)[C@H]3CC[C@@]21C. The van der Waals surface area contributed by atoms with E-state index in [-0.39, 0.29) is 22.7 Å². The van der Waals surface area contributed by atoms with Crippen molar-refractivity contribution in [3.05, 3.63) is 50.1 Å². The fourth-order valence-corrected chi connectivity index (χ4v) is 8.43. The number of aliphatic hydroxyl groups is 1. The average molecular weight is 569 g/mol. The number of hydrogen-bond donors (Lipinski definition) is 2. The molecular weight excluding hydrogens is 532 g/mol. The molecule has 5 rings (SSSR count). The van der Waals surface area contributed by atoms with Gasteiger partial charge in [-0.25, -0.2) is 0 Å². The number of esters is 1. The first-order chi connectivity index (χ1) is 19.3. The smallest absolute Gasteiger partial charge is 0.303 e. The number of allylic oxidation sites excluding steroid dienone is 2. The van der Waals surface area contributed by atoms with Gasteiger partial charge in [0.1, 0.15) is 11.3 Å². The molecule has 0 aromatic heterocycles. The summed E-state index contributed by atoms with van der Waals surface area (Å²) in [6, 6.07) is 3.42. The van der Waals surface area contributed by atoms with Gasteiger partial charge in [-0.2, -0.15) is 5.10 Å². The minimum Gasteiger partial charge on any atom is -0.458 e. The van der Waals surface area contributed by atoms with Crippen LogP contribution in [0.3, 0.4) is 0 Å². The summed E-state index contributed by atoms with van der Waals surface area (Å²) in [7, 11) is 0. The Hall–Kier alpha value is -3.67. The van der Waals surface area contributed by atoms with Gasteiger partial charge in [-0.1, -0.05) is 19.4 Å². The number of anilines is 1. The van der Waals surface area contributed by atoms with Gasteiger partial charge in [0.2, 0.25) is 5.78 Å². The van der Waals surface area contributed by atoms with Crippen LogP contribution in [0.25, 0.3) is 0 Å². The van der Waals surface area contributed by atoms with E-state index in [1.165, 1.54) is 24.6 Å². The van der Waals surface area contributed by atoms with E-state index in [4.69, 9.17) is 4.74 Å². The number of Topliss-reactive ketones (excluding diaryl/α,β-unsaturated/α-hetero) is 1. The number of ether oxygens (including phenoxy) is 1. The van der Waals surface area contributed by atoms with E-state index in [1.807, 2.05) is 6.92 Å². The van der Waals surface area contributed by atoms with E-state index < -0.39 is 44.9 Å². The quantitative estimate of drug-likeness (QED) is 0.258. The third-order valence-electron chi connectivity index (χ3n) is 10.7. The van der Waals surface area contributed by atoms with Gasteiger partial charge in [0.05, 0.1) is 21.6 Å². The average Bonchev–Trinajstić information content (AvgIpc) is 3.21. The van der Waals surface area contributed by atoms with E-state index >= 15 is 0 Å². The van der Waals surface area contributed by atoms with Crippen molar-refractivity contribution in [1.82, 2.24) is 0 Å². The Morgan fingerprint density at radius 2 is 1.80 bits per heavy atom. The normalized spacial score (nSPS) is 35.0. The van der Waals surface area contributed by atoms with Gasteiger partial charge in [0, 0.05) is 18.4 Å². The molecule has 12 nitrogen and oxygen atoms in total. The molecule has 3 saturated carbocycles. The lowest BCUT2D eigenvalue weighted by Crippen LogP contribution is -2.58. The lowest BCUT2D eigenvalue weighted by molar-refractivity contribution is -0.393. The second kappa shape index (κ2) is 10.3. The highest BCUT2D eigenvalue weighted by Gasteiger charge is 2.66. The Kier molecular flexibility index (Phi) is 7.25. The van der Waals surface area contributed by atoms with Crippen LogP contribution in [-0.2, 0) is 14.3 Å². The molecular formula is C29H36N4O8. The lowest BCUT2D eigenvalue weighted by Gasteiger charge is -2.59. The Morgan fingerprint density at radius 1 is 1.07 bits per heavy atom. The predicted molar refractivity (Wildman–Crippen MR) is 149 cm³/mol. The number of rotatable bonds is 7. The molecule has 220 valence electrons. The molecule has 12 heteroatoms. The zero-order chi connectivity index (χ0) is 29.7. The summed E-state index contributed by atoms with van der Waals surface area (Å²) in [5.41, 5.74) is 2.04. The number of non-ortho nitro benzene ring substituents is 1. The molecule has 6 atom stereocenters. The molecule has 0 amide bonds. The van der Waals surface area contributed by atoms with Crippen LogP contribution < -0.4 is 5.43 Å². The molecule has 0 saturated heterocycles. The van der Waals surface area contributed by atoms with Crippen LogP contribution in [0.2, 0.25) is 0 Å². The van der Waals surface area contributed by atoms with Crippen molar-refractivity contribution in [2.45, 2.75) is 77.7 Å². The second-order valence-electron chi connectivity index (χ2n) is 12.5. The van der Waals surface area contributed by atoms with E-state index in [1.54, 1.807) is 0 Å². The molecule has 2 N–H and O–H groups in total. The van der Waals surface area contributed by atoms with Crippen molar-refractivity contribution in [2.24, 2.45) is 33.7 Å². The molecule has 4 aliphatic carbocycles. The zero-order valence-electron chi connectivity index (χ0n) is 23.6. The number of nitro groups is 2. The van der Waals surface area contributed by atoms with E-state index in [2.05, 4.69) is 23.5 Å². The predicted octanol–water partition coefficient (Wildman–Crippen LogP) is 5.10. The molecule has 0 spiro atoms. The van der Waals surface area contributed by atoms with E-state index in [0.717, 1.165) is 50.3 Å². The summed E-state index contributed by atoms with van der Waals surface area (Å²) in [4.78, 5) is 45.5. The molecule has 3 fully saturated rings. The van der Waals surface area contributed by atoms with Crippen molar-refractivity contribution in [3.8, 4) is 0 Å². The van der Waals surface area contributed by atoms with Crippen LogP contribution in [0.4, 0.5) is 17.1 Å². The zero-order valence-corrected chi connectivity index (χ0v) is 23.6. The summed E-state index contributed by atoms with van der Waals surface area (Å²) in [6.07, 6.45) is 8.17. The summed E-state index contributed by atoms with van der Waals surface area (Å²) < 4.78 is 4.96. The standard InChI is InChI=1S/C29H36N4O8/c1-17(34)41-16-26(35)29(36)13-10-23-21-6-4-18-14-19(8-11-27(18,2)22(21)9-12-28(23,29)3)30-31-24-7-5-20(32(37)38)15-25(24)33(39)40/h5,7,14-15,21-23,31,36H,4,6,8-13,16H2,1-3H3/b30-19+/t21-,22+,23+,27+,28+,29+/m1/s1. The topological polar surface area (TPSA) is 174 Å². The van der Waals surface area contributed by atoms with Crippen molar-refractivity contribution < 1.29 is 29.3 Å². The van der Waals surface area contributed by atoms with Gasteiger partial charge in [-0.15, -0.1) is 0 Å². The number of nitrogens with zero attached hydrogens (tertiary/aromatic N) is 3. The van der Waals surface area contributed by atoms with Crippen LogP contribution >= 0.6 is 0 Å². The highest BCUT2D eigenvalue weighted by Crippen LogP contribution is 2.67. The number of carbonyl (C=O) groups excluding carboxylic acids is 2. The van der Waals surface area contributed by atoms with Gasteiger partial charge < -0.3 is 9.84 Å². The largest absolute Gasteiger partial charge is 0.458 e. The van der Waals surface area contributed by atoms with Crippen LogP contribution in [-0.4, -0.2) is 44.6 Å². The summed E-state index contributed by atoms with van der Waals surface area (Å²) in [5, 5.41) is 38.6. The van der Waals surface area contributed by atoms with Gasteiger partial charge in [0.15, 0.2) is 6.61 Å². The minimum atomic E-state index is -1.49. The number of nitrogens with one attached hydrogen (secondary N) is 1. The summed E-state index contributed by atoms with van der Waals surface area (Å²) >= 11 is 0. The monoisotopic (exact) mass is 568 g/mol. The van der Waals surface area contributed by atoms with Crippen molar-refractivity contribution >= 4 is 34.5 Å². The molecule has 0 bridgehead atoms. The maximum absolute atomic E-state index is 13.1. The summed E-state index contributed by atoms with van der Waals surface area (Å²) in [6.45, 7) is 5.20. The highest BCUT2D eigenvalue weighted by atomic mass is 16.6. The van der Waals surface area contributed by atoms with Gasteiger partial charge in [0.25, 0.3) is 5.69 Å². The number of fused-ring (bicyclic) bond motifs is 5. The summed E-state index contributed by atoms with van der Waals surface area (Å²) in [5.74, 6) is 0.0252. The molecule has 0 radical (unpaired) electrons. The number of ketones is 1. The Balaban J connectivity index is 1.34. The lowest BCUT2D eigenvalue weighted by atomic mass is 9.46. The van der Waals surface area contributed by atoms with E-state index in [9.17, 15) is 34.9 Å². The van der Waals surface area contributed by atoms with Crippen molar-refractivity contribution in [3.63, 3.8) is 0 Å². The maximum atomic E-state index is 13.1. The highest BCUT2D eigenvalue weighted by molar-refractivity contribution is 5.97. The number of hydrazone groups is 1. The fraction of sp³-hybridized carbons (Fsp3) is 0.621. The van der Waals surface area contributed by atoms with Crippen LogP contribution in [0, 0.1) is 48.8 Å². The molecule has 0 aliphatic heterocycles. The first-order valence-corrected chi connectivity index (χ1v) is 14.2. The van der Waals surface area contributed by atoms with E-state index in [0.29, 0.717) is 24.7 Å². The van der Waals surface area contributed by atoms with Crippen molar-refractivity contribution in [2.75, 3.05) is 12.0 Å². The van der Waals surface area contributed by atoms with Crippen LogP contribution in [0.5, 0.6) is 0 Å². The number of carbonyl (C=O) groups is 2. The third-order valence-corrected chi connectivity index (χ3v) is 10.7. The third kappa shape index (κ3) is 4.71. The minimum absolute atomic E-state index is 0.0505. The second-order valence-corrected chi connectivity index (χ2v) is 12.5. The molecule has 1 aromatic carbocycles. The first-order valence-electron chi connectivity index (χ1n) is 14.2. The number of hydrogen-bond acceptors (Lipinski definition) is 10.